The van der Waals surface area contributed by atoms with Crippen LogP contribution in [-0.4, -0.2) is 37.0 Å². The van der Waals surface area contributed by atoms with E-state index in [1.807, 2.05) is 0 Å². The second kappa shape index (κ2) is 7.75. The van der Waals surface area contributed by atoms with Crippen LogP contribution in [0.1, 0.15) is 28.8 Å². The molecular formula is C21H20ClN3O4. The van der Waals surface area contributed by atoms with E-state index in [1.165, 1.54) is 0 Å². The van der Waals surface area contributed by atoms with Crippen LogP contribution in [0.2, 0.25) is 5.02 Å². The molecule has 1 atom stereocenters. The first-order valence-corrected chi connectivity index (χ1v) is 9.75. The number of fused-ring (bicyclic) bond motifs is 3. The maximum absolute atomic E-state index is 12.4. The number of ether oxygens (including phenoxy) is 1. The molecule has 1 fully saturated rings. The molecule has 2 aliphatic heterocycles. The first-order valence-electron chi connectivity index (χ1n) is 9.37. The predicted octanol–water partition coefficient (Wildman–Crippen LogP) is 3.36. The number of halogens is 1. The average Bonchev–Trinajstić information content (AvgIpc) is 3.20. The highest BCUT2D eigenvalue weighted by Crippen LogP contribution is 2.37. The molecule has 8 heteroatoms. The van der Waals surface area contributed by atoms with Crippen LogP contribution in [0.5, 0.6) is 0 Å². The van der Waals surface area contributed by atoms with E-state index in [-0.39, 0.29) is 17.5 Å². The summed E-state index contributed by atoms with van der Waals surface area (Å²) < 4.78 is 5.13. The average molecular weight is 414 g/mol. The van der Waals surface area contributed by atoms with E-state index in [2.05, 4.69) is 15.5 Å². The van der Waals surface area contributed by atoms with E-state index >= 15 is 0 Å². The molecule has 29 heavy (non-hydrogen) atoms. The highest BCUT2D eigenvalue weighted by atomic mass is 35.5. The molecule has 150 valence electrons. The summed E-state index contributed by atoms with van der Waals surface area (Å²) in [5, 5.41) is 6.07. The summed E-state index contributed by atoms with van der Waals surface area (Å²) in [6.45, 7) is 2.18. The molecule has 0 radical (unpaired) electrons. The number of carbonyl (C=O) groups excluding carboxylic acids is 3. The van der Waals surface area contributed by atoms with Gasteiger partial charge in [-0.25, -0.2) is 4.79 Å². The Balaban J connectivity index is 1.40. The number of esters is 1. The molecule has 0 spiro atoms. The van der Waals surface area contributed by atoms with Crippen LogP contribution in [0.3, 0.4) is 0 Å². The molecule has 0 unspecified atom stereocenters. The summed E-state index contributed by atoms with van der Waals surface area (Å²) in [6.07, 6.45) is 1.79. The lowest BCUT2D eigenvalue weighted by Gasteiger charge is -2.33. The molecule has 4 rings (SSSR count). The topological polar surface area (TPSA) is 87.7 Å². The number of carbonyl (C=O) groups is 3. The van der Waals surface area contributed by atoms with Crippen LogP contribution in [0, 0.1) is 6.92 Å². The smallest absolute Gasteiger partial charge is 0.338 e. The fraction of sp³-hybridized carbons (Fsp3) is 0.286. The van der Waals surface area contributed by atoms with Crippen LogP contribution in [0.15, 0.2) is 36.4 Å². The molecular weight excluding hydrogens is 394 g/mol. The summed E-state index contributed by atoms with van der Waals surface area (Å²) in [7, 11) is 0. The van der Waals surface area contributed by atoms with Crippen molar-refractivity contribution in [3.8, 4) is 0 Å². The van der Waals surface area contributed by atoms with Gasteiger partial charge in [-0.2, -0.15) is 0 Å². The van der Waals surface area contributed by atoms with Crippen molar-refractivity contribution >= 4 is 46.4 Å². The second-order valence-corrected chi connectivity index (χ2v) is 7.52. The van der Waals surface area contributed by atoms with E-state index in [1.54, 1.807) is 43.3 Å². The minimum atomic E-state index is -0.636. The van der Waals surface area contributed by atoms with Crippen LogP contribution in [0.4, 0.5) is 17.1 Å². The first-order chi connectivity index (χ1) is 13.9. The van der Waals surface area contributed by atoms with Crippen molar-refractivity contribution in [2.24, 2.45) is 0 Å². The van der Waals surface area contributed by atoms with Gasteiger partial charge in [0.05, 0.1) is 16.9 Å². The van der Waals surface area contributed by atoms with Gasteiger partial charge in [-0.05, 0) is 55.7 Å². The third-order valence-electron chi connectivity index (χ3n) is 5.23. The molecule has 2 N–H and O–H groups in total. The lowest BCUT2D eigenvalue weighted by Crippen LogP contribution is -2.43. The summed E-state index contributed by atoms with van der Waals surface area (Å²) in [4.78, 5) is 38.8. The normalized spacial score (nSPS) is 17.2. The van der Waals surface area contributed by atoms with E-state index in [0.29, 0.717) is 16.4 Å². The maximum Gasteiger partial charge on any atom is 0.338 e. The van der Waals surface area contributed by atoms with Gasteiger partial charge in [0.15, 0.2) is 6.61 Å². The minimum Gasteiger partial charge on any atom is -0.452 e. The van der Waals surface area contributed by atoms with Gasteiger partial charge >= 0.3 is 5.97 Å². The zero-order chi connectivity index (χ0) is 20.5. The highest BCUT2D eigenvalue weighted by molar-refractivity contribution is 6.31. The number of benzene rings is 2. The van der Waals surface area contributed by atoms with Gasteiger partial charge in [0.1, 0.15) is 6.04 Å². The van der Waals surface area contributed by atoms with Gasteiger partial charge in [-0.15, -0.1) is 0 Å². The molecule has 2 aromatic carbocycles. The van der Waals surface area contributed by atoms with Gasteiger partial charge in [-0.1, -0.05) is 17.7 Å². The SMILES string of the molecule is Cc1c(Cl)cccc1NC(=O)COC(=O)c1ccc2c(c1)NC(=O)[C@@H]1CCCN21. The number of nitrogens with zero attached hydrogens (tertiary/aromatic N) is 1. The van der Waals surface area contributed by atoms with E-state index in [9.17, 15) is 14.4 Å². The van der Waals surface area contributed by atoms with Gasteiger partial charge < -0.3 is 20.3 Å². The Bertz CT molecular complexity index is 1010. The van der Waals surface area contributed by atoms with Crippen molar-refractivity contribution < 1.29 is 19.1 Å². The third kappa shape index (κ3) is 3.78. The fourth-order valence-electron chi connectivity index (χ4n) is 3.70. The Kier molecular flexibility index (Phi) is 5.15. The van der Waals surface area contributed by atoms with Crippen molar-refractivity contribution in [3.63, 3.8) is 0 Å². The third-order valence-corrected chi connectivity index (χ3v) is 5.64. The zero-order valence-corrected chi connectivity index (χ0v) is 16.6. The standard InChI is InChI=1S/C21H20ClN3O4/c1-12-14(22)4-2-5-15(12)23-19(26)11-29-21(28)13-7-8-17-16(10-13)24-20(27)18-6-3-9-25(17)18/h2,4-5,7-8,10,18H,3,6,9,11H2,1H3,(H,23,26)(H,24,27)/t18-/m0/s1. The summed E-state index contributed by atoms with van der Waals surface area (Å²) in [5.74, 6) is -1.16. The monoisotopic (exact) mass is 413 g/mol. The van der Waals surface area contributed by atoms with Crippen LogP contribution < -0.4 is 15.5 Å². The summed E-state index contributed by atoms with van der Waals surface area (Å²) in [5.41, 5.74) is 3.06. The van der Waals surface area contributed by atoms with Crippen molar-refractivity contribution in [2.75, 3.05) is 28.7 Å². The molecule has 1 saturated heterocycles. The van der Waals surface area contributed by atoms with Gasteiger partial charge in [0, 0.05) is 17.3 Å². The maximum atomic E-state index is 12.4. The van der Waals surface area contributed by atoms with Gasteiger partial charge in [0.25, 0.3) is 5.91 Å². The summed E-state index contributed by atoms with van der Waals surface area (Å²) in [6, 6.07) is 10.1. The Labute approximate surface area is 173 Å². The number of hydrogen-bond donors (Lipinski definition) is 2. The van der Waals surface area contributed by atoms with E-state index < -0.39 is 18.5 Å². The Morgan fingerprint density at radius 2 is 2.14 bits per heavy atom. The molecule has 2 aromatic rings. The quantitative estimate of drug-likeness (QED) is 0.750. The van der Waals surface area contributed by atoms with Crippen molar-refractivity contribution in [1.29, 1.82) is 0 Å². The predicted molar refractivity (Wildman–Crippen MR) is 111 cm³/mol. The highest BCUT2D eigenvalue weighted by Gasteiger charge is 2.36. The molecule has 2 heterocycles. The Morgan fingerprint density at radius 3 is 2.97 bits per heavy atom. The fourth-order valence-corrected chi connectivity index (χ4v) is 3.88. The first kappa shape index (κ1) is 19.3. The molecule has 0 bridgehead atoms. The molecule has 2 amide bonds. The lowest BCUT2D eigenvalue weighted by molar-refractivity contribution is -0.119. The van der Waals surface area contributed by atoms with Crippen LogP contribution in [0.25, 0.3) is 0 Å². The second-order valence-electron chi connectivity index (χ2n) is 7.11. The minimum absolute atomic E-state index is 0.0585. The van der Waals surface area contributed by atoms with Gasteiger partial charge in [-0.3, -0.25) is 9.59 Å². The lowest BCUT2D eigenvalue weighted by atomic mass is 10.1. The molecule has 7 nitrogen and oxygen atoms in total. The molecule has 0 aromatic heterocycles. The van der Waals surface area contributed by atoms with Crippen molar-refractivity contribution in [3.05, 3.63) is 52.5 Å². The largest absolute Gasteiger partial charge is 0.452 e. The number of nitrogens with one attached hydrogen (secondary N) is 2. The molecule has 0 aliphatic carbocycles. The van der Waals surface area contributed by atoms with Crippen LogP contribution in [-0.2, 0) is 14.3 Å². The molecule has 0 saturated carbocycles. The summed E-state index contributed by atoms with van der Waals surface area (Å²) >= 11 is 6.04. The van der Waals surface area contributed by atoms with Crippen molar-refractivity contribution in [1.82, 2.24) is 0 Å². The number of anilines is 3. The van der Waals surface area contributed by atoms with E-state index in [4.69, 9.17) is 16.3 Å². The Morgan fingerprint density at radius 1 is 1.31 bits per heavy atom. The number of rotatable bonds is 4. The number of amides is 2. The van der Waals surface area contributed by atoms with Crippen molar-refractivity contribution in [2.45, 2.75) is 25.8 Å². The van der Waals surface area contributed by atoms with E-state index in [0.717, 1.165) is 30.6 Å². The van der Waals surface area contributed by atoms with Crippen LogP contribution >= 0.6 is 11.6 Å². The van der Waals surface area contributed by atoms with Gasteiger partial charge in [0.2, 0.25) is 5.91 Å². The Hall–Kier alpha value is -3.06. The zero-order valence-electron chi connectivity index (χ0n) is 15.8. The molecule has 2 aliphatic rings. The number of hydrogen-bond acceptors (Lipinski definition) is 5.